The van der Waals surface area contributed by atoms with Gasteiger partial charge in [0.25, 0.3) is 11.5 Å². The van der Waals surface area contributed by atoms with Crippen LogP contribution < -0.4 is 29.3 Å². The number of amides is 1. The lowest BCUT2D eigenvalue weighted by Crippen LogP contribution is -2.43. The van der Waals surface area contributed by atoms with Crippen molar-refractivity contribution in [2.45, 2.75) is 40.7 Å². The Balaban J connectivity index is 1.79. The maximum Gasteiger partial charge on any atom is 0.271 e. The predicted molar refractivity (Wildman–Crippen MR) is 179 cm³/mol. The number of benzene rings is 3. The summed E-state index contributed by atoms with van der Waals surface area (Å²) < 4.78 is 13.8. The molecular weight excluding hydrogens is 572 g/mol. The quantitative estimate of drug-likeness (QED) is 0.249. The first kappa shape index (κ1) is 31.1. The highest BCUT2D eigenvalue weighted by atomic mass is 32.1. The lowest BCUT2D eigenvalue weighted by atomic mass is 9.90. The SMILES string of the molecule is CCN(CC)C(=O)C1=C(C)N=c2s/c(=C/c3ccc(N(CC)CC)cc3OC)c(=O)n2[C@@H]1c1c(OC)ccc2ccccc12. The van der Waals surface area contributed by atoms with Crippen LogP contribution in [0.2, 0.25) is 0 Å². The molecule has 5 rings (SSSR count). The summed E-state index contributed by atoms with van der Waals surface area (Å²) in [5.41, 5.74) is 3.47. The topological polar surface area (TPSA) is 76.4 Å². The molecule has 230 valence electrons. The Hall–Kier alpha value is -4.37. The Kier molecular flexibility index (Phi) is 9.25. The van der Waals surface area contributed by atoms with Crippen molar-refractivity contribution in [2.24, 2.45) is 4.99 Å². The van der Waals surface area contributed by atoms with Crippen molar-refractivity contribution in [3.8, 4) is 11.5 Å². The average molecular weight is 613 g/mol. The van der Waals surface area contributed by atoms with E-state index in [4.69, 9.17) is 14.5 Å². The maximum atomic E-state index is 14.4. The van der Waals surface area contributed by atoms with E-state index >= 15 is 0 Å². The van der Waals surface area contributed by atoms with E-state index in [0.717, 1.165) is 40.7 Å². The van der Waals surface area contributed by atoms with Gasteiger partial charge in [0.1, 0.15) is 17.5 Å². The van der Waals surface area contributed by atoms with E-state index in [1.807, 2.05) is 81.4 Å². The molecule has 3 aromatic carbocycles. The van der Waals surface area contributed by atoms with Gasteiger partial charge in [0.05, 0.1) is 30.0 Å². The van der Waals surface area contributed by atoms with E-state index in [-0.39, 0.29) is 11.5 Å². The molecule has 0 spiro atoms. The molecule has 0 saturated carbocycles. The van der Waals surface area contributed by atoms with E-state index in [1.165, 1.54) is 11.3 Å². The van der Waals surface area contributed by atoms with Crippen LogP contribution in [0.15, 0.2) is 75.7 Å². The van der Waals surface area contributed by atoms with Gasteiger partial charge in [0.2, 0.25) is 0 Å². The third kappa shape index (κ3) is 5.41. The minimum Gasteiger partial charge on any atom is -0.496 e. The molecule has 0 fully saturated rings. The number of hydrogen-bond acceptors (Lipinski definition) is 7. The molecule has 0 bridgehead atoms. The van der Waals surface area contributed by atoms with Crippen molar-refractivity contribution in [3.05, 3.63) is 96.7 Å². The lowest BCUT2D eigenvalue weighted by Gasteiger charge is -2.30. The number of fused-ring (bicyclic) bond motifs is 2. The fourth-order valence-corrected chi connectivity index (χ4v) is 7.07. The molecule has 0 N–H and O–H groups in total. The zero-order valence-electron chi connectivity index (χ0n) is 26.5. The van der Waals surface area contributed by atoms with Crippen LogP contribution in [0, 0.1) is 0 Å². The zero-order valence-corrected chi connectivity index (χ0v) is 27.3. The predicted octanol–water partition coefficient (Wildman–Crippen LogP) is 5.12. The molecule has 0 aliphatic carbocycles. The summed E-state index contributed by atoms with van der Waals surface area (Å²) in [6.45, 7) is 12.8. The van der Waals surface area contributed by atoms with Gasteiger partial charge in [-0.15, -0.1) is 0 Å². The second kappa shape index (κ2) is 13.1. The second-order valence-corrected chi connectivity index (χ2v) is 11.6. The van der Waals surface area contributed by atoms with Gasteiger partial charge in [-0.1, -0.05) is 41.7 Å². The summed E-state index contributed by atoms with van der Waals surface area (Å²) in [6, 6.07) is 17.2. The van der Waals surface area contributed by atoms with Gasteiger partial charge in [-0.2, -0.15) is 0 Å². The first-order valence-electron chi connectivity index (χ1n) is 15.1. The number of thiazole rings is 1. The van der Waals surface area contributed by atoms with Crippen LogP contribution in [0.5, 0.6) is 11.5 Å². The molecule has 2 heterocycles. The van der Waals surface area contributed by atoms with Gasteiger partial charge in [-0.25, -0.2) is 4.99 Å². The Morgan fingerprint density at radius 1 is 0.955 bits per heavy atom. The fourth-order valence-electron chi connectivity index (χ4n) is 6.03. The Morgan fingerprint density at radius 2 is 1.66 bits per heavy atom. The maximum absolute atomic E-state index is 14.4. The summed E-state index contributed by atoms with van der Waals surface area (Å²) in [4.78, 5) is 38.0. The molecule has 4 aromatic rings. The van der Waals surface area contributed by atoms with Crippen LogP contribution in [0.25, 0.3) is 16.8 Å². The van der Waals surface area contributed by atoms with Crippen LogP contribution in [0.1, 0.15) is 51.8 Å². The number of carbonyl (C=O) groups is 1. The summed E-state index contributed by atoms with van der Waals surface area (Å²) in [6.07, 6.45) is 1.86. The molecule has 1 aliphatic heterocycles. The van der Waals surface area contributed by atoms with E-state index < -0.39 is 6.04 Å². The molecule has 8 nitrogen and oxygen atoms in total. The summed E-state index contributed by atoms with van der Waals surface area (Å²) in [5, 5.41) is 1.91. The monoisotopic (exact) mass is 612 g/mol. The summed E-state index contributed by atoms with van der Waals surface area (Å²) >= 11 is 1.31. The zero-order chi connectivity index (χ0) is 31.5. The molecule has 1 aliphatic rings. The van der Waals surface area contributed by atoms with Gasteiger partial charge in [-0.05, 0) is 69.7 Å². The molecule has 9 heteroatoms. The number of methoxy groups -OCH3 is 2. The molecular formula is C35H40N4O4S. The highest BCUT2D eigenvalue weighted by molar-refractivity contribution is 7.07. The van der Waals surface area contributed by atoms with Crippen molar-refractivity contribution in [2.75, 3.05) is 45.3 Å². The lowest BCUT2D eigenvalue weighted by molar-refractivity contribution is -0.127. The van der Waals surface area contributed by atoms with Crippen molar-refractivity contribution in [3.63, 3.8) is 0 Å². The number of ether oxygens (including phenoxy) is 2. The van der Waals surface area contributed by atoms with Crippen LogP contribution in [0.3, 0.4) is 0 Å². The second-order valence-electron chi connectivity index (χ2n) is 10.6. The summed E-state index contributed by atoms with van der Waals surface area (Å²) in [5.74, 6) is 1.15. The molecule has 0 radical (unpaired) electrons. The molecule has 0 saturated heterocycles. The number of allylic oxidation sites excluding steroid dienone is 1. The molecule has 1 atom stereocenters. The first-order valence-corrected chi connectivity index (χ1v) is 15.9. The number of anilines is 1. The molecule has 44 heavy (non-hydrogen) atoms. The first-order chi connectivity index (χ1) is 21.3. The number of rotatable bonds is 10. The Morgan fingerprint density at radius 3 is 2.32 bits per heavy atom. The van der Waals surface area contributed by atoms with Gasteiger partial charge < -0.3 is 19.3 Å². The van der Waals surface area contributed by atoms with Crippen LogP contribution in [-0.4, -0.2) is 55.8 Å². The van der Waals surface area contributed by atoms with E-state index in [1.54, 1.807) is 23.7 Å². The van der Waals surface area contributed by atoms with Crippen molar-refractivity contribution in [1.82, 2.24) is 9.47 Å². The minimum atomic E-state index is -0.727. The standard InChI is InChI=1S/C35H40N4O4S/c1-8-37(9-2)25-18-16-24(28(21-25)43-7)20-29-33(40)39-32(31-26-15-13-12-14-23(26)17-19-27(31)42-6)30(22(5)36-35(39)44-29)34(41)38(10-3)11-4/h12-21,32H,8-11H2,1-7H3/b29-20+/t32-/m0/s1. The average Bonchev–Trinajstić information content (AvgIpc) is 3.35. The third-order valence-corrected chi connectivity index (χ3v) is 9.34. The van der Waals surface area contributed by atoms with E-state index in [2.05, 4.69) is 18.7 Å². The minimum absolute atomic E-state index is 0.140. The van der Waals surface area contributed by atoms with Crippen molar-refractivity contribution >= 4 is 39.8 Å². The van der Waals surface area contributed by atoms with Crippen LogP contribution >= 0.6 is 11.3 Å². The molecule has 1 aromatic heterocycles. The highest BCUT2D eigenvalue weighted by Gasteiger charge is 2.36. The Bertz CT molecular complexity index is 1920. The van der Waals surface area contributed by atoms with Crippen molar-refractivity contribution in [1.29, 1.82) is 0 Å². The normalized spacial score (nSPS) is 14.8. The largest absolute Gasteiger partial charge is 0.496 e. The third-order valence-electron chi connectivity index (χ3n) is 8.36. The number of carbonyl (C=O) groups excluding carboxylic acids is 1. The van der Waals surface area contributed by atoms with Gasteiger partial charge in [0.15, 0.2) is 4.80 Å². The van der Waals surface area contributed by atoms with Gasteiger partial charge >= 0.3 is 0 Å². The Labute approximate surface area is 262 Å². The molecule has 1 amide bonds. The fraction of sp³-hybridized carbons (Fsp3) is 0.343. The van der Waals surface area contributed by atoms with E-state index in [0.29, 0.717) is 45.2 Å². The number of likely N-dealkylation sites (N-methyl/N-ethyl adjacent to an activating group) is 1. The summed E-state index contributed by atoms with van der Waals surface area (Å²) in [7, 11) is 3.26. The smallest absolute Gasteiger partial charge is 0.271 e. The number of nitrogens with zero attached hydrogens (tertiary/aromatic N) is 4. The van der Waals surface area contributed by atoms with Crippen LogP contribution in [-0.2, 0) is 4.79 Å². The van der Waals surface area contributed by atoms with Crippen molar-refractivity contribution < 1.29 is 14.3 Å². The number of aromatic nitrogens is 1. The number of hydrogen-bond donors (Lipinski definition) is 0. The highest BCUT2D eigenvalue weighted by Crippen LogP contribution is 2.40. The molecule has 0 unspecified atom stereocenters. The van der Waals surface area contributed by atoms with E-state index in [9.17, 15) is 9.59 Å². The van der Waals surface area contributed by atoms with Crippen LogP contribution in [0.4, 0.5) is 5.69 Å². The van der Waals surface area contributed by atoms with Gasteiger partial charge in [-0.3, -0.25) is 14.2 Å². The van der Waals surface area contributed by atoms with Gasteiger partial charge in [0, 0.05) is 49.1 Å².